The van der Waals surface area contributed by atoms with E-state index in [1.165, 1.54) is 26.2 Å². The number of imide groups is 1. The molecule has 0 radical (unpaired) electrons. The van der Waals surface area contributed by atoms with Crippen molar-refractivity contribution in [1.82, 2.24) is 14.9 Å². The number of rotatable bonds is 9. The Hall–Kier alpha value is -3.01. The summed E-state index contributed by atoms with van der Waals surface area (Å²) in [5.74, 6) is 0.235. The standard InChI is InChI=1S/C24H32N4O5S/c1-14(2)20(21(29)27-23(25)31)34-24-26-17-13-19(33-4)18(32-3)12-16(17)22(30)28(24)11-10-15-8-6-5-7-9-15/h8,12-14,20H,5-7,9-11H2,1-4H3,(H3,25,27,29,31). The highest BCUT2D eigenvalue weighted by atomic mass is 32.2. The van der Waals surface area contributed by atoms with E-state index in [0.717, 1.165) is 37.4 Å². The second-order valence-corrected chi connectivity index (χ2v) is 9.68. The molecule has 0 bridgehead atoms. The Labute approximate surface area is 203 Å². The first-order valence-corrected chi connectivity index (χ1v) is 12.2. The minimum absolute atomic E-state index is 0.142. The van der Waals surface area contributed by atoms with Crippen LogP contribution in [-0.4, -0.2) is 41.0 Å². The van der Waals surface area contributed by atoms with Crippen LogP contribution in [0, 0.1) is 5.92 Å². The molecule has 9 nitrogen and oxygen atoms in total. The second kappa shape index (κ2) is 11.4. The lowest BCUT2D eigenvalue weighted by atomic mass is 9.97. The van der Waals surface area contributed by atoms with Crippen LogP contribution >= 0.6 is 11.8 Å². The van der Waals surface area contributed by atoms with Crippen molar-refractivity contribution >= 4 is 34.6 Å². The first kappa shape index (κ1) is 25.6. The van der Waals surface area contributed by atoms with Crippen molar-refractivity contribution in [2.24, 2.45) is 11.7 Å². The molecule has 1 aromatic heterocycles. The van der Waals surface area contributed by atoms with Gasteiger partial charge in [0.25, 0.3) is 5.56 Å². The number of ether oxygens (including phenoxy) is 2. The van der Waals surface area contributed by atoms with Gasteiger partial charge in [-0.3, -0.25) is 19.5 Å². The topological polar surface area (TPSA) is 126 Å². The Kier molecular flexibility index (Phi) is 8.60. The maximum atomic E-state index is 13.6. The van der Waals surface area contributed by atoms with Crippen molar-refractivity contribution in [2.45, 2.75) is 62.9 Å². The Morgan fingerprint density at radius 2 is 1.91 bits per heavy atom. The van der Waals surface area contributed by atoms with Crippen LogP contribution in [0.15, 0.2) is 33.7 Å². The fraction of sp³-hybridized carbons (Fsp3) is 0.500. The molecule has 0 fully saturated rings. The Balaban J connectivity index is 2.09. The van der Waals surface area contributed by atoms with Crippen LogP contribution in [0.4, 0.5) is 4.79 Å². The van der Waals surface area contributed by atoms with Crippen LogP contribution in [0.25, 0.3) is 10.9 Å². The molecule has 3 rings (SSSR count). The number of aromatic nitrogens is 2. The van der Waals surface area contributed by atoms with Gasteiger partial charge in [-0.2, -0.15) is 0 Å². The third-order valence-corrected chi connectivity index (χ3v) is 7.34. The molecule has 0 saturated carbocycles. The molecule has 0 aliphatic heterocycles. The van der Waals surface area contributed by atoms with Crippen LogP contribution in [0.1, 0.15) is 46.0 Å². The van der Waals surface area contributed by atoms with E-state index < -0.39 is 17.2 Å². The molecule has 0 spiro atoms. The lowest BCUT2D eigenvalue weighted by Gasteiger charge is -2.21. The summed E-state index contributed by atoms with van der Waals surface area (Å²) in [5.41, 5.74) is 6.71. The van der Waals surface area contributed by atoms with Crippen LogP contribution < -0.4 is 26.1 Å². The van der Waals surface area contributed by atoms with Crippen molar-refractivity contribution in [3.63, 3.8) is 0 Å². The van der Waals surface area contributed by atoms with Gasteiger partial charge < -0.3 is 15.2 Å². The predicted octanol–water partition coefficient (Wildman–Crippen LogP) is 3.62. The van der Waals surface area contributed by atoms with Gasteiger partial charge in [-0.15, -0.1) is 0 Å². The van der Waals surface area contributed by atoms with Gasteiger partial charge in [-0.1, -0.05) is 37.3 Å². The van der Waals surface area contributed by atoms with Crippen LogP contribution in [-0.2, 0) is 11.3 Å². The molecular formula is C24H32N4O5S. The lowest BCUT2D eigenvalue weighted by Crippen LogP contribution is -2.42. The number of nitrogens with two attached hydrogens (primary N) is 1. The molecule has 1 aliphatic rings. The number of urea groups is 1. The molecule has 0 saturated heterocycles. The fourth-order valence-electron chi connectivity index (χ4n) is 4.00. The summed E-state index contributed by atoms with van der Waals surface area (Å²) >= 11 is 1.15. The summed E-state index contributed by atoms with van der Waals surface area (Å²) in [6.45, 7) is 4.16. The molecule has 10 heteroatoms. The van der Waals surface area contributed by atoms with Crippen molar-refractivity contribution in [2.75, 3.05) is 14.2 Å². The third-order valence-electron chi connectivity index (χ3n) is 5.81. The van der Waals surface area contributed by atoms with Crippen LogP contribution in [0.3, 0.4) is 0 Å². The van der Waals surface area contributed by atoms with Crippen molar-refractivity contribution < 1.29 is 19.1 Å². The number of fused-ring (bicyclic) bond motifs is 1. The van der Waals surface area contributed by atoms with Gasteiger partial charge in [0.1, 0.15) is 0 Å². The number of hydrogen-bond acceptors (Lipinski definition) is 7. The van der Waals surface area contributed by atoms with Crippen molar-refractivity contribution in [3.8, 4) is 11.5 Å². The molecule has 3 N–H and O–H groups in total. The van der Waals surface area contributed by atoms with Crippen molar-refractivity contribution in [1.29, 1.82) is 0 Å². The van der Waals surface area contributed by atoms with Gasteiger partial charge in [0.15, 0.2) is 16.7 Å². The predicted molar refractivity (Wildman–Crippen MR) is 132 cm³/mol. The smallest absolute Gasteiger partial charge is 0.318 e. The molecule has 3 amide bonds. The zero-order valence-corrected chi connectivity index (χ0v) is 20.9. The van der Waals surface area contributed by atoms with Gasteiger partial charge in [0.2, 0.25) is 5.91 Å². The number of allylic oxidation sites excluding steroid dienone is 2. The molecule has 2 aromatic rings. The van der Waals surface area contributed by atoms with E-state index in [2.05, 4.69) is 11.4 Å². The van der Waals surface area contributed by atoms with Crippen LogP contribution in [0.5, 0.6) is 11.5 Å². The van der Waals surface area contributed by atoms with E-state index in [0.29, 0.717) is 34.1 Å². The number of carbonyl (C=O) groups is 2. The molecule has 1 heterocycles. The number of benzene rings is 1. The molecule has 1 aliphatic carbocycles. The second-order valence-electron chi connectivity index (χ2n) is 8.57. The van der Waals surface area contributed by atoms with Gasteiger partial charge in [-0.05, 0) is 44.1 Å². The minimum atomic E-state index is -0.916. The summed E-state index contributed by atoms with van der Waals surface area (Å²) < 4.78 is 12.4. The van der Waals surface area contributed by atoms with E-state index in [-0.39, 0.29) is 11.5 Å². The highest BCUT2D eigenvalue weighted by Crippen LogP contribution is 2.33. The van der Waals surface area contributed by atoms with Gasteiger partial charge >= 0.3 is 6.03 Å². The summed E-state index contributed by atoms with van der Waals surface area (Å²) in [6, 6.07) is 2.37. The van der Waals surface area contributed by atoms with Gasteiger partial charge in [0.05, 0.1) is 30.4 Å². The Bertz CT molecular complexity index is 1160. The zero-order valence-electron chi connectivity index (χ0n) is 20.1. The number of primary amides is 1. The number of nitrogens with zero attached hydrogens (tertiary/aromatic N) is 2. The molecule has 1 aromatic carbocycles. The number of amides is 3. The number of nitrogens with one attached hydrogen (secondary N) is 1. The van der Waals surface area contributed by atoms with E-state index >= 15 is 0 Å². The highest BCUT2D eigenvalue weighted by Gasteiger charge is 2.27. The molecule has 184 valence electrons. The number of hydrogen-bond donors (Lipinski definition) is 2. The molecule has 1 atom stereocenters. The monoisotopic (exact) mass is 488 g/mol. The van der Waals surface area contributed by atoms with E-state index in [1.54, 1.807) is 16.7 Å². The first-order valence-electron chi connectivity index (χ1n) is 11.4. The maximum absolute atomic E-state index is 13.6. The molecular weight excluding hydrogens is 456 g/mol. The quantitative estimate of drug-likeness (QED) is 0.314. The van der Waals surface area contributed by atoms with Gasteiger partial charge in [0, 0.05) is 12.6 Å². The minimum Gasteiger partial charge on any atom is -0.493 e. The summed E-state index contributed by atoms with van der Waals surface area (Å²) in [6.07, 6.45) is 7.40. The number of carbonyl (C=O) groups excluding carboxylic acids is 2. The summed E-state index contributed by atoms with van der Waals surface area (Å²) in [7, 11) is 3.03. The Morgan fingerprint density at radius 3 is 2.50 bits per heavy atom. The average Bonchev–Trinajstić information content (AvgIpc) is 2.81. The van der Waals surface area contributed by atoms with E-state index in [1.807, 2.05) is 13.8 Å². The molecule has 34 heavy (non-hydrogen) atoms. The van der Waals surface area contributed by atoms with E-state index in [4.69, 9.17) is 20.2 Å². The first-order chi connectivity index (χ1) is 16.2. The number of thioether (sulfide) groups is 1. The average molecular weight is 489 g/mol. The SMILES string of the molecule is COc1cc2nc(SC(C(=O)NC(N)=O)C(C)C)n(CCC3=CCCCC3)c(=O)c2cc1OC. The maximum Gasteiger partial charge on any atom is 0.318 e. The lowest BCUT2D eigenvalue weighted by molar-refractivity contribution is -0.120. The number of methoxy groups -OCH3 is 2. The zero-order chi connectivity index (χ0) is 24.8. The van der Waals surface area contributed by atoms with Crippen molar-refractivity contribution in [3.05, 3.63) is 34.1 Å². The third kappa shape index (κ3) is 5.91. The highest BCUT2D eigenvalue weighted by molar-refractivity contribution is 8.00. The largest absolute Gasteiger partial charge is 0.493 e. The summed E-state index contributed by atoms with van der Waals surface area (Å²) in [4.78, 5) is 42.3. The fourth-order valence-corrected chi connectivity index (χ4v) is 5.12. The van der Waals surface area contributed by atoms with Crippen LogP contribution in [0.2, 0.25) is 0 Å². The summed E-state index contributed by atoms with van der Waals surface area (Å²) in [5, 5.41) is 2.29. The normalized spacial score (nSPS) is 14.6. The molecule has 1 unspecified atom stereocenters. The van der Waals surface area contributed by atoms with E-state index in [9.17, 15) is 14.4 Å². The van der Waals surface area contributed by atoms with Gasteiger partial charge in [-0.25, -0.2) is 9.78 Å². The Morgan fingerprint density at radius 1 is 1.21 bits per heavy atom.